The molecule has 2 rings (SSSR count). The maximum atomic E-state index is 4.41. The van der Waals surface area contributed by atoms with E-state index in [2.05, 4.69) is 41.8 Å². The first-order valence-electron chi connectivity index (χ1n) is 6.51. The molecular weight excluding hydrogens is 236 g/mol. The highest BCUT2D eigenvalue weighted by Gasteiger charge is 2.08. The number of aryl methyl sites for hydroxylation is 1. The quantitative estimate of drug-likeness (QED) is 0.843. The molecule has 0 aliphatic heterocycles. The molecule has 0 spiro atoms. The third-order valence-corrected chi connectivity index (χ3v) is 3.17. The van der Waals surface area contributed by atoms with Gasteiger partial charge in [-0.25, -0.2) is 9.97 Å². The molecule has 0 saturated carbocycles. The van der Waals surface area contributed by atoms with Crippen LogP contribution >= 0.6 is 0 Å². The zero-order chi connectivity index (χ0) is 13.8. The highest BCUT2D eigenvalue weighted by atomic mass is 15.2. The second-order valence-corrected chi connectivity index (χ2v) is 5.09. The number of hydrogen-bond donors (Lipinski definition) is 0. The van der Waals surface area contributed by atoms with Crippen LogP contribution in [0.5, 0.6) is 0 Å². The van der Waals surface area contributed by atoms with Crippen LogP contribution in [0.15, 0.2) is 30.7 Å². The number of hydrogen-bond acceptors (Lipinski definition) is 4. The maximum absolute atomic E-state index is 4.41. The van der Waals surface area contributed by atoms with E-state index in [4.69, 9.17) is 0 Å². The summed E-state index contributed by atoms with van der Waals surface area (Å²) in [6.07, 6.45) is 5.61. The molecule has 2 aromatic rings. The number of aromatic nitrogens is 3. The second kappa shape index (κ2) is 5.78. The van der Waals surface area contributed by atoms with Gasteiger partial charge in [0.15, 0.2) is 0 Å². The van der Waals surface area contributed by atoms with Gasteiger partial charge in [-0.05, 0) is 30.0 Å². The van der Waals surface area contributed by atoms with Crippen LogP contribution in [0.3, 0.4) is 0 Å². The van der Waals surface area contributed by atoms with Gasteiger partial charge in [-0.2, -0.15) is 0 Å². The van der Waals surface area contributed by atoms with Gasteiger partial charge < -0.3 is 4.90 Å². The molecule has 0 aromatic carbocycles. The lowest BCUT2D eigenvalue weighted by molar-refractivity contribution is 0.808. The number of rotatable bonds is 4. The molecule has 0 unspecified atom stereocenters. The molecule has 19 heavy (non-hydrogen) atoms. The van der Waals surface area contributed by atoms with Crippen molar-refractivity contribution in [3.05, 3.63) is 47.5 Å². The minimum absolute atomic E-state index is 0.456. The summed E-state index contributed by atoms with van der Waals surface area (Å²) in [7, 11) is 1.98. The molecule has 100 valence electrons. The van der Waals surface area contributed by atoms with Crippen LogP contribution in [-0.4, -0.2) is 22.0 Å². The van der Waals surface area contributed by atoms with Gasteiger partial charge in [0.05, 0.1) is 12.2 Å². The summed E-state index contributed by atoms with van der Waals surface area (Å²) in [6.45, 7) is 7.06. The van der Waals surface area contributed by atoms with Gasteiger partial charge in [0.2, 0.25) is 5.95 Å². The Morgan fingerprint density at radius 2 is 1.84 bits per heavy atom. The lowest BCUT2D eigenvalue weighted by Gasteiger charge is -2.18. The summed E-state index contributed by atoms with van der Waals surface area (Å²) < 4.78 is 0. The SMILES string of the molecule is Cc1cccnc1CN(C)c1ncc(C(C)C)cn1. The summed E-state index contributed by atoms with van der Waals surface area (Å²) in [4.78, 5) is 15.2. The Bertz CT molecular complexity index is 534. The van der Waals surface area contributed by atoms with Crippen molar-refractivity contribution in [2.45, 2.75) is 33.2 Å². The largest absolute Gasteiger partial charge is 0.338 e. The van der Waals surface area contributed by atoms with E-state index in [0.29, 0.717) is 12.5 Å². The molecule has 0 amide bonds. The molecule has 0 radical (unpaired) electrons. The molecule has 2 aromatic heterocycles. The summed E-state index contributed by atoms with van der Waals surface area (Å²) in [6, 6.07) is 4.02. The summed E-state index contributed by atoms with van der Waals surface area (Å²) in [5.41, 5.74) is 3.40. The molecule has 0 bridgehead atoms. The molecule has 0 N–H and O–H groups in total. The Hall–Kier alpha value is -1.97. The number of nitrogens with zero attached hydrogens (tertiary/aromatic N) is 4. The number of pyridine rings is 1. The fourth-order valence-corrected chi connectivity index (χ4v) is 1.81. The zero-order valence-corrected chi connectivity index (χ0v) is 12.0. The Morgan fingerprint density at radius 3 is 2.42 bits per heavy atom. The monoisotopic (exact) mass is 256 g/mol. The van der Waals surface area contributed by atoms with Gasteiger partial charge in [0, 0.05) is 25.6 Å². The van der Waals surface area contributed by atoms with Crippen molar-refractivity contribution < 1.29 is 0 Å². The third kappa shape index (κ3) is 3.28. The van der Waals surface area contributed by atoms with Gasteiger partial charge in [0.1, 0.15) is 0 Å². The first kappa shape index (κ1) is 13.5. The van der Waals surface area contributed by atoms with Crippen molar-refractivity contribution in [2.75, 3.05) is 11.9 Å². The Balaban J connectivity index is 2.12. The van der Waals surface area contributed by atoms with E-state index in [-0.39, 0.29) is 0 Å². The maximum Gasteiger partial charge on any atom is 0.225 e. The van der Waals surface area contributed by atoms with Crippen molar-refractivity contribution in [3.8, 4) is 0 Å². The van der Waals surface area contributed by atoms with E-state index < -0.39 is 0 Å². The second-order valence-electron chi connectivity index (χ2n) is 5.09. The van der Waals surface area contributed by atoms with Crippen LogP contribution in [0.25, 0.3) is 0 Å². The molecule has 0 saturated heterocycles. The van der Waals surface area contributed by atoms with Crippen LogP contribution in [0, 0.1) is 6.92 Å². The molecule has 0 fully saturated rings. The van der Waals surface area contributed by atoms with E-state index >= 15 is 0 Å². The van der Waals surface area contributed by atoms with E-state index in [0.717, 1.165) is 17.2 Å². The van der Waals surface area contributed by atoms with E-state index in [1.807, 2.05) is 36.6 Å². The van der Waals surface area contributed by atoms with Crippen molar-refractivity contribution in [3.63, 3.8) is 0 Å². The molecule has 0 atom stereocenters. The normalized spacial score (nSPS) is 10.8. The van der Waals surface area contributed by atoms with Crippen LogP contribution in [0.4, 0.5) is 5.95 Å². The highest BCUT2D eigenvalue weighted by Crippen LogP contribution is 2.15. The number of anilines is 1. The molecule has 4 heteroatoms. The van der Waals surface area contributed by atoms with E-state index in [9.17, 15) is 0 Å². The third-order valence-electron chi connectivity index (χ3n) is 3.17. The minimum atomic E-state index is 0.456. The van der Waals surface area contributed by atoms with Crippen LogP contribution in [0.2, 0.25) is 0 Å². The average molecular weight is 256 g/mol. The standard InChI is InChI=1S/C15H20N4/c1-11(2)13-8-17-15(18-9-13)19(4)10-14-12(3)6-5-7-16-14/h5-9,11H,10H2,1-4H3. The smallest absolute Gasteiger partial charge is 0.225 e. The van der Waals surface area contributed by atoms with Crippen molar-refractivity contribution >= 4 is 5.95 Å². The first-order chi connectivity index (χ1) is 9.08. The fourth-order valence-electron chi connectivity index (χ4n) is 1.81. The Kier molecular flexibility index (Phi) is 4.10. The van der Waals surface area contributed by atoms with E-state index in [1.165, 1.54) is 5.56 Å². The Morgan fingerprint density at radius 1 is 1.16 bits per heavy atom. The lowest BCUT2D eigenvalue weighted by Crippen LogP contribution is -2.20. The van der Waals surface area contributed by atoms with Crippen LogP contribution in [-0.2, 0) is 6.54 Å². The van der Waals surface area contributed by atoms with Crippen LogP contribution < -0.4 is 4.90 Å². The average Bonchev–Trinajstić information content (AvgIpc) is 2.41. The van der Waals surface area contributed by atoms with Crippen LogP contribution in [0.1, 0.15) is 36.6 Å². The Labute approximate surface area is 114 Å². The van der Waals surface area contributed by atoms with Crippen molar-refractivity contribution in [1.82, 2.24) is 15.0 Å². The van der Waals surface area contributed by atoms with Gasteiger partial charge in [-0.3, -0.25) is 4.98 Å². The highest BCUT2D eigenvalue weighted by molar-refractivity contribution is 5.31. The predicted molar refractivity (Wildman–Crippen MR) is 77.2 cm³/mol. The molecular formula is C15H20N4. The van der Waals surface area contributed by atoms with Crippen molar-refractivity contribution in [2.24, 2.45) is 0 Å². The van der Waals surface area contributed by atoms with Gasteiger partial charge in [-0.15, -0.1) is 0 Å². The molecule has 2 heterocycles. The minimum Gasteiger partial charge on any atom is -0.338 e. The van der Waals surface area contributed by atoms with E-state index in [1.54, 1.807) is 0 Å². The topological polar surface area (TPSA) is 41.9 Å². The lowest BCUT2D eigenvalue weighted by atomic mass is 10.1. The van der Waals surface area contributed by atoms with Crippen molar-refractivity contribution in [1.29, 1.82) is 0 Å². The predicted octanol–water partition coefficient (Wildman–Crippen LogP) is 2.94. The van der Waals surface area contributed by atoms with Gasteiger partial charge >= 0.3 is 0 Å². The van der Waals surface area contributed by atoms with Gasteiger partial charge in [-0.1, -0.05) is 19.9 Å². The molecule has 4 nitrogen and oxygen atoms in total. The first-order valence-corrected chi connectivity index (χ1v) is 6.51. The summed E-state index contributed by atoms with van der Waals surface area (Å²) >= 11 is 0. The zero-order valence-electron chi connectivity index (χ0n) is 12.0. The molecule has 0 aliphatic carbocycles. The fraction of sp³-hybridized carbons (Fsp3) is 0.400. The summed E-state index contributed by atoms with van der Waals surface area (Å²) in [5.74, 6) is 1.19. The molecule has 0 aliphatic rings. The summed E-state index contributed by atoms with van der Waals surface area (Å²) in [5, 5.41) is 0. The van der Waals surface area contributed by atoms with Gasteiger partial charge in [0.25, 0.3) is 0 Å².